The maximum absolute atomic E-state index is 14.2. The van der Waals surface area contributed by atoms with E-state index in [2.05, 4.69) is 5.32 Å². The molecular weight excluding hydrogens is 329 g/mol. The van der Waals surface area contributed by atoms with Crippen LogP contribution in [0.3, 0.4) is 0 Å². The van der Waals surface area contributed by atoms with Crippen LogP contribution < -0.4 is 10.2 Å². The van der Waals surface area contributed by atoms with Crippen LogP contribution >= 0.6 is 23.4 Å². The summed E-state index contributed by atoms with van der Waals surface area (Å²) in [6.07, 6.45) is 1.39. The molecular formula is C12H10ClF3N2O2S. The van der Waals surface area contributed by atoms with Gasteiger partial charge in [-0.25, -0.2) is 22.9 Å². The second kappa shape index (κ2) is 5.10. The van der Waals surface area contributed by atoms with Crippen molar-refractivity contribution in [3.63, 3.8) is 0 Å². The van der Waals surface area contributed by atoms with Gasteiger partial charge in [-0.15, -0.1) is 11.8 Å². The third kappa shape index (κ3) is 2.26. The van der Waals surface area contributed by atoms with E-state index in [1.165, 1.54) is 20.1 Å². The van der Waals surface area contributed by atoms with Crippen LogP contribution in [0.1, 0.15) is 13.8 Å². The first kappa shape index (κ1) is 16.0. The molecule has 21 heavy (non-hydrogen) atoms. The molecule has 1 aliphatic heterocycles. The van der Waals surface area contributed by atoms with Crippen molar-refractivity contribution in [3.05, 3.63) is 22.5 Å². The molecule has 1 aromatic rings. The number of rotatable bonds is 2. The Labute approximate surface area is 127 Å². The van der Waals surface area contributed by atoms with Gasteiger partial charge in [-0.3, -0.25) is 4.79 Å². The molecule has 1 fully saturated rings. The van der Waals surface area contributed by atoms with E-state index in [9.17, 15) is 22.8 Å². The molecule has 2 rings (SSSR count). The molecule has 0 aromatic heterocycles. The molecule has 3 amide bonds. The fourth-order valence-corrected chi connectivity index (χ4v) is 2.87. The van der Waals surface area contributed by atoms with Crippen LogP contribution in [-0.2, 0) is 4.79 Å². The van der Waals surface area contributed by atoms with Crippen molar-refractivity contribution < 1.29 is 22.8 Å². The average molecular weight is 339 g/mol. The molecule has 0 aliphatic carbocycles. The van der Waals surface area contributed by atoms with Gasteiger partial charge in [0.25, 0.3) is 5.91 Å². The number of anilines is 1. The smallest absolute Gasteiger partial charge is 0.323 e. The molecule has 1 aromatic carbocycles. The lowest BCUT2D eigenvalue weighted by atomic mass is 10.1. The lowest BCUT2D eigenvalue weighted by Gasteiger charge is -2.19. The zero-order valence-electron chi connectivity index (χ0n) is 11.2. The van der Waals surface area contributed by atoms with Crippen LogP contribution in [0.5, 0.6) is 0 Å². The number of hydrogen-bond acceptors (Lipinski definition) is 3. The SMILES string of the molecule is CSc1c(F)c(F)c(N2C(=O)NC(C)(C)C2=O)c(F)c1Cl. The van der Waals surface area contributed by atoms with Crippen molar-refractivity contribution in [3.8, 4) is 0 Å². The van der Waals surface area contributed by atoms with Crippen LogP contribution in [0.4, 0.5) is 23.7 Å². The zero-order valence-corrected chi connectivity index (χ0v) is 12.8. The Kier molecular flexibility index (Phi) is 3.88. The number of amides is 3. The molecule has 1 saturated heterocycles. The first-order chi connectivity index (χ1) is 9.63. The summed E-state index contributed by atoms with van der Waals surface area (Å²) in [6, 6.07) is -1.05. The number of hydrogen-bond donors (Lipinski definition) is 1. The van der Waals surface area contributed by atoms with E-state index < -0.39 is 50.5 Å². The lowest BCUT2D eigenvalue weighted by molar-refractivity contribution is -0.121. The van der Waals surface area contributed by atoms with Gasteiger partial charge in [0.15, 0.2) is 17.5 Å². The van der Waals surface area contributed by atoms with Crippen LogP contribution in [0.15, 0.2) is 4.90 Å². The molecule has 0 bridgehead atoms. The van der Waals surface area contributed by atoms with Crippen LogP contribution in [0, 0.1) is 17.5 Å². The predicted molar refractivity (Wildman–Crippen MR) is 73.2 cm³/mol. The molecule has 1 heterocycles. The first-order valence-electron chi connectivity index (χ1n) is 5.70. The number of carbonyl (C=O) groups is 2. The normalized spacial score (nSPS) is 17.4. The monoisotopic (exact) mass is 338 g/mol. The van der Waals surface area contributed by atoms with Gasteiger partial charge in [0, 0.05) is 0 Å². The standard InChI is InChI=1S/C12H10ClF3N2O2S/c1-12(2)10(19)18(11(20)17-12)8-5(14)4(13)9(21-3)7(16)6(8)15/h1-3H3,(H,17,20). The topological polar surface area (TPSA) is 49.4 Å². The number of nitrogens with one attached hydrogen (secondary N) is 1. The van der Waals surface area contributed by atoms with E-state index in [4.69, 9.17) is 11.6 Å². The third-order valence-electron chi connectivity index (χ3n) is 2.99. The Hall–Kier alpha value is -1.41. The molecule has 0 saturated carbocycles. The average Bonchev–Trinajstić information content (AvgIpc) is 2.59. The summed E-state index contributed by atoms with van der Waals surface area (Å²) < 4.78 is 42.2. The van der Waals surface area contributed by atoms with Crippen LogP contribution in [0.2, 0.25) is 5.02 Å². The maximum Gasteiger partial charge on any atom is 0.329 e. The van der Waals surface area contributed by atoms with E-state index in [-0.39, 0.29) is 4.90 Å². The summed E-state index contributed by atoms with van der Waals surface area (Å²) in [7, 11) is 0. The Morgan fingerprint density at radius 1 is 1.14 bits per heavy atom. The Balaban J connectivity index is 2.72. The predicted octanol–water partition coefficient (Wildman–Crippen LogP) is 3.31. The fraction of sp³-hybridized carbons (Fsp3) is 0.333. The molecule has 0 unspecified atom stereocenters. The lowest BCUT2D eigenvalue weighted by Crippen LogP contribution is -2.40. The molecule has 1 N–H and O–H groups in total. The van der Waals surface area contributed by atoms with Gasteiger partial charge in [-0.2, -0.15) is 0 Å². The van der Waals surface area contributed by atoms with Crippen molar-refractivity contribution in [2.24, 2.45) is 0 Å². The van der Waals surface area contributed by atoms with Crippen LogP contribution in [0.25, 0.3) is 0 Å². The van der Waals surface area contributed by atoms with Gasteiger partial charge < -0.3 is 5.32 Å². The van der Waals surface area contributed by atoms with Gasteiger partial charge in [0.1, 0.15) is 11.2 Å². The number of halogens is 4. The molecule has 9 heteroatoms. The Morgan fingerprint density at radius 2 is 1.71 bits per heavy atom. The van der Waals surface area contributed by atoms with Gasteiger partial charge in [-0.1, -0.05) is 11.6 Å². The minimum Gasteiger partial charge on any atom is -0.323 e. The summed E-state index contributed by atoms with van der Waals surface area (Å²) in [5.41, 5.74) is -2.46. The highest BCUT2D eigenvalue weighted by Gasteiger charge is 2.48. The second-order valence-corrected chi connectivity index (χ2v) is 6.03. The summed E-state index contributed by atoms with van der Waals surface area (Å²) in [5.74, 6) is -5.31. The highest BCUT2D eigenvalue weighted by molar-refractivity contribution is 7.98. The summed E-state index contributed by atoms with van der Waals surface area (Å²) in [6.45, 7) is 2.72. The molecule has 0 radical (unpaired) electrons. The van der Waals surface area contributed by atoms with Crippen molar-refractivity contribution >= 4 is 41.0 Å². The number of thioether (sulfide) groups is 1. The summed E-state index contributed by atoms with van der Waals surface area (Å²) >= 11 is 6.36. The maximum atomic E-state index is 14.2. The van der Waals surface area contributed by atoms with E-state index in [1.807, 2.05) is 0 Å². The van der Waals surface area contributed by atoms with Crippen LogP contribution in [-0.4, -0.2) is 23.7 Å². The number of imide groups is 1. The van der Waals surface area contributed by atoms with E-state index in [1.54, 1.807) is 0 Å². The molecule has 1 aliphatic rings. The summed E-state index contributed by atoms with van der Waals surface area (Å²) in [4.78, 5) is 23.6. The van der Waals surface area contributed by atoms with Crippen molar-refractivity contribution in [1.29, 1.82) is 0 Å². The van der Waals surface area contributed by atoms with Crippen molar-refractivity contribution in [1.82, 2.24) is 5.32 Å². The minimum absolute atomic E-state index is 0.226. The Morgan fingerprint density at radius 3 is 2.14 bits per heavy atom. The number of nitrogens with zero attached hydrogens (tertiary/aromatic N) is 1. The zero-order chi connectivity index (χ0) is 16.1. The molecule has 4 nitrogen and oxygen atoms in total. The summed E-state index contributed by atoms with van der Waals surface area (Å²) in [5, 5.41) is 1.57. The van der Waals surface area contributed by atoms with Crippen molar-refractivity contribution in [2.75, 3.05) is 11.2 Å². The van der Waals surface area contributed by atoms with Crippen molar-refractivity contribution in [2.45, 2.75) is 24.3 Å². The minimum atomic E-state index is -1.64. The van der Waals surface area contributed by atoms with Gasteiger partial charge in [-0.05, 0) is 20.1 Å². The quantitative estimate of drug-likeness (QED) is 0.511. The molecule has 114 valence electrons. The molecule has 0 spiro atoms. The molecule has 0 atom stereocenters. The fourth-order valence-electron chi connectivity index (χ4n) is 1.93. The van der Waals surface area contributed by atoms with Gasteiger partial charge >= 0.3 is 6.03 Å². The van der Waals surface area contributed by atoms with E-state index >= 15 is 0 Å². The van der Waals surface area contributed by atoms with Gasteiger partial charge in [0.2, 0.25) is 0 Å². The highest BCUT2D eigenvalue weighted by atomic mass is 35.5. The van der Waals surface area contributed by atoms with E-state index in [0.717, 1.165) is 0 Å². The van der Waals surface area contributed by atoms with Gasteiger partial charge in [0.05, 0.1) is 9.92 Å². The number of benzene rings is 1. The third-order valence-corrected chi connectivity index (χ3v) is 4.25. The Bertz CT molecular complexity index is 637. The second-order valence-electron chi connectivity index (χ2n) is 4.83. The highest BCUT2D eigenvalue weighted by Crippen LogP contribution is 2.40. The van der Waals surface area contributed by atoms with E-state index in [0.29, 0.717) is 11.8 Å². The number of carbonyl (C=O) groups excluding carboxylic acids is 2. The number of urea groups is 1. The largest absolute Gasteiger partial charge is 0.329 e. The first-order valence-corrected chi connectivity index (χ1v) is 7.30.